The number of aromatic nitrogens is 1. The molecule has 1 aromatic rings. The summed E-state index contributed by atoms with van der Waals surface area (Å²) in [7, 11) is 0. The zero-order valence-electron chi connectivity index (χ0n) is 7.75. The van der Waals surface area contributed by atoms with Crippen LogP contribution in [0.5, 0.6) is 0 Å². The number of hydrogen-bond acceptors (Lipinski definition) is 3. The third-order valence-corrected chi connectivity index (χ3v) is 2.37. The van der Waals surface area contributed by atoms with Crippen LogP contribution in [0, 0.1) is 11.3 Å². The minimum absolute atomic E-state index is 0.00208. The largest absolute Gasteiger partial charge is 0.481 e. The highest BCUT2D eigenvalue weighted by Gasteiger charge is 2.18. The summed E-state index contributed by atoms with van der Waals surface area (Å²) in [5.41, 5.74) is -0.752. The third kappa shape index (κ3) is 2.73. The van der Waals surface area contributed by atoms with Crippen LogP contribution in [0.4, 0.5) is 8.78 Å². The maximum atomic E-state index is 12.4. The van der Waals surface area contributed by atoms with E-state index in [1.54, 1.807) is 6.07 Å². The maximum absolute atomic E-state index is 12.4. The molecule has 0 aliphatic rings. The van der Waals surface area contributed by atoms with Gasteiger partial charge in [-0.1, -0.05) is 0 Å². The molecular formula is C9H5BrF2N2O2. The molecule has 0 amide bonds. The molecule has 0 bridgehead atoms. The molecule has 84 valence electrons. The van der Waals surface area contributed by atoms with Crippen molar-refractivity contribution in [2.24, 2.45) is 0 Å². The molecular weight excluding hydrogens is 286 g/mol. The first-order chi connectivity index (χ1) is 7.45. The minimum Gasteiger partial charge on any atom is -0.481 e. The zero-order chi connectivity index (χ0) is 12.3. The van der Waals surface area contributed by atoms with Gasteiger partial charge in [0.25, 0.3) is 6.43 Å². The number of nitrogens with zero attached hydrogens (tertiary/aromatic N) is 2. The Morgan fingerprint density at radius 1 is 1.69 bits per heavy atom. The predicted molar refractivity (Wildman–Crippen MR) is 52.9 cm³/mol. The molecule has 0 aromatic carbocycles. The van der Waals surface area contributed by atoms with Gasteiger partial charge in [0.1, 0.15) is 17.5 Å². The number of alkyl halides is 2. The normalized spacial score (nSPS) is 10.2. The van der Waals surface area contributed by atoms with Gasteiger partial charge in [0.15, 0.2) is 0 Å². The Hall–Kier alpha value is -1.55. The molecule has 0 radical (unpaired) electrons. The molecule has 4 nitrogen and oxygen atoms in total. The fourth-order valence-corrected chi connectivity index (χ4v) is 1.63. The van der Waals surface area contributed by atoms with E-state index >= 15 is 0 Å². The highest BCUT2D eigenvalue weighted by Crippen LogP contribution is 2.27. The van der Waals surface area contributed by atoms with Crippen LogP contribution in [-0.2, 0) is 11.2 Å². The van der Waals surface area contributed by atoms with E-state index in [9.17, 15) is 13.6 Å². The average molecular weight is 291 g/mol. The van der Waals surface area contributed by atoms with Crippen LogP contribution < -0.4 is 0 Å². The van der Waals surface area contributed by atoms with Crippen molar-refractivity contribution >= 4 is 21.9 Å². The SMILES string of the molecule is N#Cc1nc(C(F)F)c(Br)cc1CC(=O)O. The van der Waals surface area contributed by atoms with Crippen molar-refractivity contribution in [2.45, 2.75) is 12.8 Å². The number of pyridine rings is 1. The molecule has 0 fully saturated rings. The van der Waals surface area contributed by atoms with Crippen molar-refractivity contribution in [3.05, 3.63) is 27.5 Å². The maximum Gasteiger partial charge on any atom is 0.307 e. The smallest absolute Gasteiger partial charge is 0.307 e. The fraction of sp³-hybridized carbons (Fsp3) is 0.222. The first-order valence-electron chi connectivity index (χ1n) is 4.05. The van der Waals surface area contributed by atoms with Crippen LogP contribution in [0.25, 0.3) is 0 Å². The van der Waals surface area contributed by atoms with Crippen molar-refractivity contribution in [3.8, 4) is 6.07 Å². The lowest BCUT2D eigenvalue weighted by Crippen LogP contribution is -2.06. The summed E-state index contributed by atoms with van der Waals surface area (Å²) >= 11 is 2.86. The lowest BCUT2D eigenvalue weighted by atomic mass is 10.1. The van der Waals surface area contributed by atoms with Gasteiger partial charge in [-0.2, -0.15) is 5.26 Å². The van der Waals surface area contributed by atoms with E-state index in [1.807, 2.05) is 0 Å². The van der Waals surface area contributed by atoms with E-state index in [0.29, 0.717) is 0 Å². The van der Waals surface area contributed by atoms with E-state index in [0.717, 1.165) is 0 Å². The quantitative estimate of drug-likeness (QED) is 0.927. The average Bonchev–Trinajstić information content (AvgIpc) is 2.16. The molecule has 0 aliphatic carbocycles. The summed E-state index contributed by atoms with van der Waals surface area (Å²) < 4.78 is 24.8. The van der Waals surface area contributed by atoms with Crippen LogP contribution in [0.15, 0.2) is 10.5 Å². The van der Waals surface area contributed by atoms with Crippen LogP contribution in [0.3, 0.4) is 0 Å². The van der Waals surface area contributed by atoms with E-state index in [1.165, 1.54) is 6.07 Å². The summed E-state index contributed by atoms with van der Waals surface area (Å²) in [5.74, 6) is -1.16. The highest BCUT2D eigenvalue weighted by molar-refractivity contribution is 9.10. The molecule has 1 rings (SSSR count). The van der Waals surface area contributed by atoms with Gasteiger partial charge in [-0.15, -0.1) is 0 Å². The molecule has 0 spiro atoms. The third-order valence-electron chi connectivity index (χ3n) is 1.74. The van der Waals surface area contributed by atoms with Crippen molar-refractivity contribution in [1.82, 2.24) is 4.98 Å². The molecule has 0 unspecified atom stereocenters. The van der Waals surface area contributed by atoms with E-state index in [4.69, 9.17) is 10.4 Å². The zero-order valence-corrected chi connectivity index (χ0v) is 9.33. The molecule has 16 heavy (non-hydrogen) atoms. The highest BCUT2D eigenvalue weighted by atomic mass is 79.9. The first kappa shape index (κ1) is 12.5. The Labute approximate surface area is 97.7 Å². The lowest BCUT2D eigenvalue weighted by Gasteiger charge is -2.06. The van der Waals surface area contributed by atoms with Gasteiger partial charge in [0, 0.05) is 10.0 Å². The van der Waals surface area contributed by atoms with E-state index in [2.05, 4.69) is 20.9 Å². The van der Waals surface area contributed by atoms with Gasteiger partial charge in [-0.05, 0) is 22.0 Å². The Bertz CT molecular complexity index is 471. The van der Waals surface area contributed by atoms with Crippen molar-refractivity contribution < 1.29 is 18.7 Å². The molecule has 1 heterocycles. The minimum atomic E-state index is -2.82. The summed E-state index contributed by atoms with van der Waals surface area (Å²) in [4.78, 5) is 13.9. The molecule has 1 N–H and O–H groups in total. The van der Waals surface area contributed by atoms with Crippen LogP contribution in [0.2, 0.25) is 0 Å². The van der Waals surface area contributed by atoms with Gasteiger partial charge in [-0.25, -0.2) is 13.8 Å². The number of halogens is 3. The van der Waals surface area contributed by atoms with Gasteiger partial charge >= 0.3 is 5.97 Å². The van der Waals surface area contributed by atoms with Crippen molar-refractivity contribution in [3.63, 3.8) is 0 Å². The summed E-state index contributed by atoms with van der Waals surface area (Å²) in [6, 6.07) is 2.78. The Balaban J connectivity index is 3.27. The molecule has 7 heteroatoms. The number of carboxylic acid groups (broad SMARTS) is 1. The molecule has 0 aliphatic heterocycles. The summed E-state index contributed by atoms with van der Waals surface area (Å²) in [6.07, 6.45) is -3.25. The number of aliphatic carboxylic acids is 1. The standard InChI is InChI=1S/C9H5BrF2N2O2/c10-5-1-4(2-7(15)16)6(3-13)14-8(5)9(11)12/h1,9H,2H2,(H,15,16). The van der Waals surface area contributed by atoms with E-state index < -0.39 is 24.5 Å². The molecule has 0 saturated heterocycles. The van der Waals surface area contributed by atoms with Crippen LogP contribution in [-0.4, -0.2) is 16.1 Å². The molecule has 0 atom stereocenters. The van der Waals surface area contributed by atoms with E-state index in [-0.39, 0.29) is 15.7 Å². The second kappa shape index (κ2) is 4.99. The van der Waals surface area contributed by atoms with Crippen molar-refractivity contribution in [2.75, 3.05) is 0 Å². The number of rotatable bonds is 3. The van der Waals surface area contributed by atoms with Crippen LogP contribution in [0.1, 0.15) is 23.4 Å². The Morgan fingerprint density at radius 3 is 2.75 bits per heavy atom. The van der Waals surface area contributed by atoms with Crippen molar-refractivity contribution in [1.29, 1.82) is 5.26 Å². The topological polar surface area (TPSA) is 74.0 Å². The molecule has 0 saturated carbocycles. The predicted octanol–water partition coefficient (Wildman–Crippen LogP) is 2.28. The van der Waals surface area contributed by atoms with Crippen LogP contribution >= 0.6 is 15.9 Å². The fourth-order valence-electron chi connectivity index (χ4n) is 1.09. The number of carboxylic acids is 1. The second-order valence-electron chi connectivity index (χ2n) is 2.85. The first-order valence-corrected chi connectivity index (χ1v) is 4.84. The summed E-state index contributed by atoms with van der Waals surface area (Å²) in [6.45, 7) is 0. The van der Waals surface area contributed by atoms with Gasteiger partial charge in [0.2, 0.25) is 0 Å². The van der Waals surface area contributed by atoms with Gasteiger partial charge in [-0.3, -0.25) is 4.79 Å². The monoisotopic (exact) mass is 290 g/mol. The number of nitriles is 1. The molecule has 1 aromatic heterocycles. The van der Waals surface area contributed by atoms with Gasteiger partial charge < -0.3 is 5.11 Å². The number of carbonyl (C=O) groups is 1. The summed E-state index contributed by atoms with van der Waals surface area (Å²) in [5, 5.41) is 17.2. The van der Waals surface area contributed by atoms with Gasteiger partial charge in [0.05, 0.1) is 6.42 Å². The number of hydrogen-bond donors (Lipinski definition) is 1. The Kier molecular flexibility index (Phi) is 3.90. The Morgan fingerprint density at radius 2 is 2.31 bits per heavy atom. The second-order valence-corrected chi connectivity index (χ2v) is 3.70. The lowest BCUT2D eigenvalue weighted by molar-refractivity contribution is -0.136.